The Labute approximate surface area is 89.1 Å². The van der Waals surface area contributed by atoms with Gasteiger partial charge in [0.15, 0.2) is 21.3 Å². The van der Waals surface area contributed by atoms with Crippen LogP contribution in [0.4, 0.5) is 0 Å². The van der Waals surface area contributed by atoms with Gasteiger partial charge in [-0.05, 0) is 23.5 Å². The molecule has 1 aliphatic heterocycles. The van der Waals surface area contributed by atoms with Crippen molar-refractivity contribution in [3.8, 4) is 0 Å². The summed E-state index contributed by atoms with van der Waals surface area (Å²) in [7, 11) is 0. The van der Waals surface area contributed by atoms with Crippen molar-refractivity contribution < 1.29 is 0 Å². The summed E-state index contributed by atoms with van der Waals surface area (Å²) < 4.78 is 1.05. The average Bonchev–Trinajstić information content (AvgIpc) is 2.66. The number of hydrogen-bond acceptors (Lipinski definition) is 3. The van der Waals surface area contributed by atoms with Crippen molar-refractivity contribution in [2.24, 2.45) is 0 Å². The molecular formula is C11H5OS2+. The average molecular weight is 217 g/mol. The lowest BCUT2D eigenvalue weighted by Crippen LogP contribution is -2.02. The molecule has 0 N–H and O–H groups in total. The monoisotopic (exact) mass is 217 g/mol. The summed E-state index contributed by atoms with van der Waals surface area (Å²) in [5.41, 5.74) is 0.139. The molecule has 0 aliphatic carbocycles. The molecule has 0 saturated carbocycles. The highest BCUT2D eigenvalue weighted by atomic mass is 32.2. The maximum atomic E-state index is 11.9. The predicted octanol–water partition coefficient (Wildman–Crippen LogP) is 3.14. The summed E-state index contributed by atoms with van der Waals surface area (Å²) >= 11 is 3.05. The van der Waals surface area contributed by atoms with Crippen molar-refractivity contribution in [3.05, 3.63) is 44.8 Å². The Bertz CT molecular complexity index is 596. The smallest absolute Gasteiger partial charge is 0.225 e. The normalized spacial score (nSPS) is 12.9. The van der Waals surface area contributed by atoms with Gasteiger partial charge in [0.2, 0.25) is 5.43 Å². The minimum atomic E-state index is 0.139. The van der Waals surface area contributed by atoms with Gasteiger partial charge in [-0.2, -0.15) is 0 Å². The first kappa shape index (κ1) is 8.18. The Balaban J connectivity index is 2.54. The van der Waals surface area contributed by atoms with E-state index in [1.807, 2.05) is 30.3 Å². The van der Waals surface area contributed by atoms with Gasteiger partial charge in [-0.15, -0.1) is 0 Å². The van der Waals surface area contributed by atoms with Crippen LogP contribution < -0.4 is 5.43 Å². The van der Waals surface area contributed by atoms with Gasteiger partial charge >= 0.3 is 0 Å². The zero-order chi connectivity index (χ0) is 9.54. The van der Waals surface area contributed by atoms with E-state index in [0.29, 0.717) is 0 Å². The standard InChI is InChI=1S/C11H5OS2/c12-10-7-3-1-2-4-8(7)14-9-5-6-13-11(9)10/h1-5H/q+1. The molecule has 0 atom stereocenters. The van der Waals surface area contributed by atoms with Gasteiger partial charge in [0.25, 0.3) is 0 Å². The lowest BCUT2D eigenvalue weighted by Gasteiger charge is -1.93. The Morgan fingerprint density at radius 2 is 2.07 bits per heavy atom. The first-order valence-corrected chi connectivity index (χ1v) is 5.81. The van der Waals surface area contributed by atoms with Crippen molar-refractivity contribution in [2.45, 2.75) is 4.90 Å². The molecule has 2 aromatic rings. The third-order valence-electron chi connectivity index (χ3n) is 2.13. The van der Waals surface area contributed by atoms with E-state index in [0.717, 1.165) is 19.9 Å². The maximum Gasteiger partial charge on any atom is 0.225 e. The van der Waals surface area contributed by atoms with Crippen LogP contribution in [0.5, 0.6) is 0 Å². The fourth-order valence-corrected chi connectivity index (χ4v) is 3.41. The summed E-state index contributed by atoms with van der Waals surface area (Å²) in [6.07, 6.45) is 1.89. The Hall–Kier alpha value is -1.15. The number of rotatable bonds is 0. The zero-order valence-electron chi connectivity index (χ0n) is 7.11. The number of benzene rings is 1. The highest BCUT2D eigenvalue weighted by molar-refractivity contribution is 8.01. The molecule has 0 saturated heterocycles. The predicted molar refractivity (Wildman–Crippen MR) is 61.7 cm³/mol. The van der Waals surface area contributed by atoms with Crippen LogP contribution in [0.25, 0.3) is 16.2 Å². The van der Waals surface area contributed by atoms with Crippen molar-refractivity contribution in [1.29, 1.82) is 0 Å². The van der Waals surface area contributed by atoms with E-state index in [2.05, 4.69) is 5.41 Å². The Kier molecular flexibility index (Phi) is 1.71. The number of fused-ring (bicyclic) bond motifs is 2. The highest BCUT2D eigenvalue weighted by Crippen LogP contribution is 2.34. The summed E-state index contributed by atoms with van der Waals surface area (Å²) in [5, 5.41) is 3.83. The lowest BCUT2D eigenvalue weighted by molar-refractivity contribution is 1.45. The molecule has 1 aromatic carbocycles. The fraction of sp³-hybridized carbons (Fsp3) is 0. The minimum Gasteiger partial charge on any atom is -0.286 e. The third-order valence-corrected chi connectivity index (χ3v) is 4.22. The molecule has 2 heterocycles. The molecule has 3 heteroatoms. The molecule has 0 fully saturated rings. The van der Waals surface area contributed by atoms with Crippen molar-refractivity contribution in [1.82, 2.24) is 0 Å². The second-order valence-electron chi connectivity index (χ2n) is 2.98. The maximum absolute atomic E-state index is 11.9. The fourth-order valence-electron chi connectivity index (χ4n) is 1.48. The van der Waals surface area contributed by atoms with Gasteiger partial charge in [0, 0.05) is 5.39 Å². The van der Waals surface area contributed by atoms with Crippen molar-refractivity contribution in [3.63, 3.8) is 0 Å². The number of thioether (sulfide) groups is 1. The van der Waals surface area contributed by atoms with Gasteiger partial charge in [0.1, 0.15) is 11.8 Å². The highest BCUT2D eigenvalue weighted by Gasteiger charge is 2.24. The molecule has 0 spiro atoms. The van der Waals surface area contributed by atoms with Crippen LogP contribution in [0, 0.1) is 5.41 Å². The number of hydrogen-bond donors (Lipinski definition) is 0. The molecule has 0 radical (unpaired) electrons. The van der Waals surface area contributed by atoms with Gasteiger partial charge in [-0.25, -0.2) is 0 Å². The van der Waals surface area contributed by atoms with Crippen molar-refractivity contribution in [2.75, 3.05) is 0 Å². The summed E-state index contributed by atoms with van der Waals surface area (Å²) in [6.45, 7) is 0. The SMILES string of the molecule is O=c1c2c(sc3ccccc13)C=[C+]S2. The molecule has 14 heavy (non-hydrogen) atoms. The molecular weight excluding hydrogens is 212 g/mol. The molecule has 1 aliphatic rings. The van der Waals surface area contributed by atoms with E-state index in [9.17, 15) is 4.79 Å². The van der Waals surface area contributed by atoms with E-state index in [1.165, 1.54) is 11.8 Å². The Morgan fingerprint density at radius 3 is 3.00 bits per heavy atom. The van der Waals surface area contributed by atoms with Gasteiger partial charge in [-0.3, -0.25) is 4.79 Å². The van der Waals surface area contributed by atoms with E-state index in [1.54, 1.807) is 11.3 Å². The van der Waals surface area contributed by atoms with Crippen LogP contribution in [0.3, 0.4) is 0 Å². The van der Waals surface area contributed by atoms with Crippen LogP contribution in [0.1, 0.15) is 4.88 Å². The zero-order valence-corrected chi connectivity index (χ0v) is 8.74. The topological polar surface area (TPSA) is 17.1 Å². The van der Waals surface area contributed by atoms with Gasteiger partial charge < -0.3 is 0 Å². The largest absolute Gasteiger partial charge is 0.286 e. The van der Waals surface area contributed by atoms with E-state index < -0.39 is 0 Å². The van der Waals surface area contributed by atoms with Crippen LogP contribution in [-0.2, 0) is 0 Å². The molecule has 0 bridgehead atoms. The molecule has 0 amide bonds. The summed E-state index contributed by atoms with van der Waals surface area (Å²) in [4.78, 5) is 13.8. The summed E-state index contributed by atoms with van der Waals surface area (Å²) in [5.74, 6) is 0. The van der Waals surface area contributed by atoms with E-state index in [4.69, 9.17) is 0 Å². The van der Waals surface area contributed by atoms with E-state index >= 15 is 0 Å². The second kappa shape index (κ2) is 2.92. The quantitative estimate of drug-likeness (QED) is 0.631. The minimum absolute atomic E-state index is 0.139. The van der Waals surface area contributed by atoms with Crippen LogP contribution in [0.15, 0.2) is 34.0 Å². The molecule has 1 aromatic heterocycles. The molecule has 1 nitrogen and oxygen atoms in total. The van der Waals surface area contributed by atoms with Gasteiger partial charge in [-0.1, -0.05) is 12.1 Å². The summed E-state index contributed by atoms with van der Waals surface area (Å²) in [6, 6.07) is 7.73. The van der Waals surface area contributed by atoms with Crippen LogP contribution in [-0.4, -0.2) is 0 Å². The van der Waals surface area contributed by atoms with Gasteiger partial charge in [0.05, 0.1) is 4.70 Å². The first-order chi connectivity index (χ1) is 6.86. The molecule has 3 rings (SSSR count). The van der Waals surface area contributed by atoms with Crippen LogP contribution in [0.2, 0.25) is 0 Å². The Morgan fingerprint density at radius 1 is 1.21 bits per heavy atom. The van der Waals surface area contributed by atoms with E-state index in [-0.39, 0.29) is 5.43 Å². The molecule has 66 valence electrons. The lowest BCUT2D eigenvalue weighted by atomic mass is 10.2. The first-order valence-electron chi connectivity index (χ1n) is 4.18. The third kappa shape index (κ3) is 1.04. The van der Waals surface area contributed by atoms with Crippen LogP contribution >= 0.6 is 23.1 Å². The second-order valence-corrected chi connectivity index (χ2v) is 4.92. The van der Waals surface area contributed by atoms with Crippen molar-refractivity contribution >= 4 is 39.3 Å². The molecule has 0 unspecified atom stereocenters.